The van der Waals surface area contributed by atoms with Crippen LogP contribution < -0.4 is 10.2 Å². The zero-order valence-electron chi connectivity index (χ0n) is 19.3. The monoisotopic (exact) mass is 436 g/mol. The third kappa shape index (κ3) is 4.87. The van der Waals surface area contributed by atoms with Gasteiger partial charge in [0.2, 0.25) is 0 Å². The fourth-order valence-corrected chi connectivity index (χ4v) is 4.55. The Morgan fingerprint density at radius 1 is 1.19 bits per heavy atom. The largest absolute Gasteiger partial charge is 0.444 e. The number of fused-ring (bicyclic) bond motifs is 1. The van der Waals surface area contributed by atoms with Gasteiger partial charge in [-0.1, -0.05) is 24.3 Å². The van der Waals surface area contributed by atoms with E-state index < -0.39 is 5.60 Å². The molecule has 2 aromatic rings. The first-order chi connectivity index (χ1) is 15.2. The van der Waals surface area contributed by atoms with E-state index in [4.69, 9.17) is 4.74 Å². The minimum Gasteiger partial charge on any atom is -0.444 e. The van der Waals surface area contributed by atoms with Crippen LogP contribution in [-0.2, 0) is 11.3 Å². The summed E-state index contributed by atoms with van der Waals surface area (Å²) >= 11 is 0. The number of nitrogens with zero attached hydrogens (tertiary/aromatic N) is 3. The van der Waals surface area contributed by atoms with Gasteiger partial charge in [0.25, 0.3) is 5.91 Å². The van der Waals surface area contributed by atoms with Gasteiger partial charge in [0.1, 0.15) is 5.60 Å². The van der Waals surface area contributed by atoms with E-state index >= 15 is 0 Å². The Kier molecular flexibility index (Phi) is 6.09. The van der Waals surface area contributed by atoms with E-state index in [0.717, 1.165) is 29.8 Å². The molecule has 0 radical (unpaired) electrons. The number of carbonyl (C=O) groups excluding carboxylic acids is 2. The maximum atomic E-state index is 12.8. The van der Waals surface area contributed by atoms with Crippen LogP contribution in [0.15, 0.2) is 42.7 Å². The molecule has 32 heavy (non-hydrogen) atoms. The molecule has 2 fully saturated rings. The summed E-state index contributed by atoms with van der Waals surface area (Å²) in [5.41, 5.74) is 3.21. The molecule has 0 spiro atoms. The van der Waals surface area contributed by atoms with E-state index in [1.165, 1.54) is 0 Å². The number of anilines is 1. The fourth-order valence-electron chi connectivity index (χ4n) is 4.55. The number of nitrogens with one attached hydrogen (secondary N) is 1. The number of hydrogen-bond acceptors (Lipinski definition) is 5. The summed E-state index contributed by atoms with van der Waals surface area (Å²) in [5.74, 6) is 0.265. The second kappa shape index (κ2) is 8.81. The van der Waals surface area contributed by atoms with E-state index in [2.05, 4.69) is 15.2 Å². The van der Waals surface area contributed by atoms with Gasteiger partial charge in [-0.15, -0.1) is 0 Å². The quantitative estimate of drug-likeness (QED) is 0.790. The summed E-state index contributed by atoms with van der Waals surface area (Å²) < 4.78 is 5.55. The van der Waals surface area contributed by atoms with E-state index in [9.17, 15) is 9.59 Å². The number of rotatable bonds is 4. The standard InChI is InChI=1S/C25H32N4O3/c1-17-7-5-6-8-18(17)13-27-23(30)20-11-21(14-26-12-20)29-10-9-19-15-28(16-22(19)29)24(31)32-25(2,3)4/h5-8,11-12,14,19,22H,9-10,13,15-16H2,1-4H3,(H,27,30)/t19-,22+/m0/s1. The molecule has 2 atom stereocenters. The third-order valence-corrected chi connectivity index (χ3v) is 6.22. The Morgan fingerprint density at radius 2 is 1.97 bits per heavy atom. The lowest BCUT2D eigenvalue weighted by Gasteiger charge is -2.28. The second-order valence-electron chi connectivity index (χ2n) is 9.74. The molecule has 0 unspecified atom stereocenters. The number of aromatic nitrogens is 1. The van der Waals surface area contributed by atoms with Gasteiger partial charge in [-0.05, 0) is 51.3 Å². The van der Waals surface area contributed by atoms with E-state index in [1.54, 1.807) is 17.3 Å². The number of carbonyl (C=O) groups is 2. The highest BCUT2D eigenvalue weighted by Crippen LogP contribution is 2.35. The summed E-state index contributed by atoms with van der Waals surface area (Å²) in [7, 11) is 0. The van der Waals surface area contributed by atoms with Crippen molar-refractivity contribution >= 4 is 17.7 Å². The smallest absolute Gasteiger partial charge is 0.410 e. The number of pyridine rings is 1. The van der Waals surface area contributed by atoms with Crippen LogP contribution in [0.1, 0.15) is 48.7 Å². The van der Waals surface area contributed by atoms with E-state index in [0.29, 0.717) is 31.1 Å². The summed E-state index contributed by atoms with van der Waals surface area (Å²) in [5, 5.41) is 3.00. The molecule has 2 saturated heterocycles. The van der Waals surface area contributed by atoms with E-state index in [-0.39, 0.29) is 18.0 Å². The van der Waals surface area contributed by atoms with Gasteiger partial charge in [-0.2, -0.15) is 0 Å². The summed E-state index contributed by atoms with van der Waals surface area (Å²) in [6.45, 7) is 10.4. The van der Waals surface area contributed by atoms with Crippen molar-refractivity contribution in [3.05, 3.63) is 59.4 Å². The van der Waals surface area contributed by atoms with Gasteiger partial charge >= 0.3 is 6.09 Å². The molecule has 2 aliphatic heterocycles. The molecular weight excluding hydrogens is 404 g/mol. The van der Waals surface area contributed by atoms with Gasteiger partial charge in [-0.3, -0.25) is 9.78 Å². The first-order valence-corrected chi connectivity index (χ1v) is 11.2. The molecule has 7 heteroatoms. The highest BCUT2D eigenvalue weighted by Gasteiger charge is 2.44. The van der Waals surface area contributed by atoms with Crippen LogP contribution in [0.3, 0.4) is 0 Å². The SMILES string of the molecule is Cc1ccccc1CNC(=O)c1cncc(N2CC[C@H]3CN(C(=O)OC(C)(C)C)C[C@H]32)c1. The van der Waals surface area contributed by atoms with Crippen molar-refractivity contribution in [2.24, 2.45) is 5.92 Å². The molecule has 7 nitrogen and oxygen atoms in total. The summed E-state index contributed by atoms with van der Waals surface area (Å²) in [6.07, 6.45) is 4.16. The Labute approximate surface area is 189 Å². The Hall–Kier alpha value is -3.09. The number of likely N-dealkylation sites (tertiary alicyclic amines) is 1. The molecule has 1 aromatic heterocycles. The predicted octanol–water partition coefficient (Wildman–Crippen LogP) is 3.77. The molecule has 2 amide bonds. The fraction of sp³-hybridized carbons (Fsp3) is 0.480. The number of ether oxygens (including phenoxy) is 1. The van der Waals surface area contributed by atoms with Crippen molar-refractivity contribution in [3.8, 4) is 0 Å². The van der Waals surface area contributed by atoms with Gasteiger partial charge in [0.15, 0.2) is 0 Å². The Morgan fingerprint density at radius 3 is 2.72 bits per heavy atom. The van der Waals surface area contributed by atoms with Crippen molar-refractivity contribution in [1.29, 1.82) is 0 Å². The van der Waals surface area contributed by atoms with Crippen molar-refractivity contribution < 1.29 is 14.3 Å². The summed E-state index contributed by atoms with van der Waals surface area (Å²) in [4.78, 5) is 33.7. The molecule has 1 aromatic carbocycles. The van der Waals surface area contributed by atoms with Crippen molar-refractivity contribution in [1.82, 2.24) is 15.2 Å². The first kappa shape index (κ1) is 22.1. The molecular formula is C25H32N4O3. The molecule has 170 valence electrons. The second-order valence-corrected chi connectivity index (χ2v) is 9.74. The lowest BCUT2D eigenvalue weighted by molar-refractivity contribution is 0.0284. The first-order valence-electron chi connectivity index (χ1n) is 11.2. The molecule has 0 bridgehead atoms. The van der Waals surface area contributed by atoms with Crippen LogP contribution in [0, 0.1) is 12.8 Å². The van der Waals surface area contributed by atoms with Crippen LogP contribution in [0.5, 0.6) is 0 Å². The maximum Gasteiger partial charge on any atom is 0.410 e. The lowest BCUT2D eigenvalue weighted by atomic mass is 10.0. The Bertz CT molecular complexity index is 1000. The third-order valence-electron chi connectivity index (χ3n) is 6.22. The van der Waals surface area contributed by atoms with Gasteiger partial charge in [0, 0.05) is 38.3 Å². The molecule has 3 heterocycles. The number of amides is 2. The maximum absolute atomic E-state index is 12.8. The molecule has 1 N–H and O–H groups in total. The van der Waals surface area contributed by atoms with Gasteiger partial charge in [0.05, 0.1) is 23.5 Å². The molecule has 0 aliphatic carbocycles. The lowest BCUT2D eigenvalue weighted by Crippen LogP contribution is -2.39. The van der Waals surface area contributed by atoms with Crippen molar-refractivity contribution in [2.45, 2.75) is 52.3 Å². The van der Waals surface area contributed by atoms with Crippen LogP contribution in [-0.4, -0.2) is 53.2 Å². The van der Waals surface area contributed by atoms with Gasteiger partial charge < -0.3 is 19.9 Å². The topological polar surface area (TPSA) is 74.8 Å². The number of aryl methyl sites for hydroxylation is 1. The Balaban J connectivity index is 1.41. The van der Waals surface area contributed by atoms with Crippen LogP contribution in [0.4, 0.5) is 10.5 Å². The molecule has 0 saturated carbocycles. The van der Waals surface area contributed by atoms with Crippen LogP contribution >= 0.6 is 0 Å². The van der Waals surface area contributed by atoms with Gasteiger partial charge in [-0.25, -0.2) is 4.79 Å². The normalized spacial score (nSPS) is 20.2. The highest BCUT2D eigenvalue weighted by atomic mass is 16.6. The zero-order valence-corrected chi connectivity index (χ0v) is 19.3. The average molecular weight is 437 g/mol. The molecule has 4 rings (SSSR count). The minimum atomic E-state index is -0.502. The summed E-state index contributed by atoms with van der Waals surface area (Å²) in [6, 6.07) is 10.1. The zero-order chi connectivity index (χ0) is 22.9. The number of benzene rings is 1. The van der Waals surface area contributed by atoms with Crippen LogP contribution in [0.25, 0.3) is 0 Å². The minimum absolute atomic E-state index is 0.139. The van der Waals surface area contributed by atoms with E-state index in [1.807, 2.05) is 58.0 Å². The number of hydrogen-bond donors (Lipinski definition) is 1. The average Bonchev–Trinajstić information content (AvgIpc) is 3.33. The predicted molar refractivity (Wildman–Crippen MR) is 124 cm³/mol. The molecule has 2 aliphatic rings. The van der Waals surface area contributed by atoms with Crippen molar-refractivity contribution in [2.75, 3.05) is 24.5 Å². The van der Waals surface area contributed by atoms with Crippen LogP contribution in [0.2, 0.25) is 0 Å². The van der Waals surface area contributed by atoms with Crippen molar-refractivity contribution in [3.63, 3.8) is 0 Å². The highest BCUT2D eigenvalue weighted by molar-refractivity contribution is 5.94.